The number of urea groups is 1. The van der Waals surface area contributed by atoms with Gasteiger partial charge in [0.05, 0.1) is 30.4 Å². The summed E-state index contributed by atoms with van der Waals surface area (Å²) in [7, 11) is 1.71. The summed E-state index contributed by atoms with van der Waals surface area (Å²) >= 11 is 0. The van der Waals surface area contributed by atoms with Gasteiger partial charge in [-0.15, -0.1) is 0 Å². The Kier molecular flexibility index (Phi) is 9.59. The predicted molar refractivity (Wildman–Crippen MR) is 139 cm³/mol. The summed E-state index contributed by atoms with van der Waals surface area (Å²) in [6.07, 6.45) is 4.51. The van der Waals surface area contributed by atoms with E-state index in [0.717, 1.165) is 32.1 Å². The molecule has 36 heavy (non-hydrogen) atoms. The second-order valence-electron chi connectivity index (χ2n) is 10.6. The molecule has 1 fully saturated rings. The number of aliphatic hydroxyl groups is 1. The third-order valence-corrected chi connectivity index (χ3v) is 7.14. The van der Waals surface area contributed by atoms with Gasteiger partial charge >= 0.3 is 6.03 Å². The molecule has 1 saturated carbocycles. The molecule has 9 heteroatoms. The van der Waals surface area contributed by atoms with Crippen molar-refractivity contribution in [3.8, 4) is 5.75 Å². The lowest BCUT2D eigenvalue weighted by atomic mass is 9.88. The number of benzene rings is 1. The third-order valence-electron chi connectivity index (χ3n) is 7.14. The number of carbonyl (C=O) groups is 3. The molecule has 0 aromatic heterocycles. The van der Waals surface area contributed by atoms with Gasteiger partial charge in [-0.05, 0) is 45.7 Å². The van der Waals surface area contributed by atoms with E-state index >= 15 is 0 Å². The molecule has 2 aliphatic rings. The molecule has 0 saturated heterocycles. The lowest BCUT2D eigenvalue weighted by Crippen LogP contribution is -2.51. The first-order valence-electron chi connectivity index (χ1n) is 13.2. The summed E-state index contributed by atoms with van der Waals surface area (Å²) < 4.78 is 6.48. The van der Waals surface area contributed by atoms with Crippen LogP contribution in [0.25, 0.3) is 0 Å². The molecule has 1 aromatic carbocycles. The molecular weight excluding hydrogens is 460 g/mol. The van der Waals surface area contributed by atoms with Crippen molar-refractivity contribution in [2.75, 3.05) is 32.1 Å². The lowest BCUT2D eigenvalue weighted by molar-refractivity contribution is -0.120. The molecule has 0 bridgehead atoms. The molecule has 1 heterocycles. The number of aliphatic hydroxyl groups excluding tert-OH is 1. The van der Waals surface area contributed by atoms with Crippen molar-refractivity contribution in [3.63, 3.8) is 0 Å². The molecule has 3 N–H and O–H groups in total. The molecule has 9 nitrogen and oxygen atoms in total. The number of ether oxygens (including phenoxy) is 1. The number of nitrogens with one attached hydrogen (secondary N) is 2. The van der Waals surface area contributed by atoms with Gasteiger partial charge in [0.15, 0.2) is 5.75 Å². The van der Waals surface area contributed by atoms with Gasteiger partial charge in [-0.1, -0.05) is 32.3 Å². The van der Waals surface area contributed by atoms with Gasteiger partial charge in [0, 0.05) is 31.5 Å². The van der Waals surface area contributed by atoms with E-state index in [0.29, 0.717) is 30.1 Å². The standard InChI is InChI=1S/C27H42N4O5/c1-17(2)28-27(35)30(5)15-23-18(3)14-31(19(4)16-32)26(34)21-12-9-13-22(24(21)36-23)29-25(33)20-10-7-6-8-11-20/h9,12-13,17-20,23,32H,6-8,10-11,14-16H2,1-5H3,(H,28,35)(H,29,33)/t18-,19+,23-/m0/s1. The molecule has 0 radical (unpaired) electrons. The van der Waals surface area contributed by atoms with E-state index in [9.17, 15) is 19.5 Å². The van der Waals surface area contributed by atoms with Crippen molar-refractivity contribution < 1.29 is 24.2 Å². The van der Waals surface area contributed by atoms with Gasteiger partial charge in [0.1, 0.15) is 6.10 Å². The number of rotatable bonds is 7. The summed E-state index contributed by atoms with van der Waals surface area (Å²) in [5.74, 6) is -0.190. The number of hydrogen-bond acceptors (Lipinski definition) is 5. The van der Waals surface area contributed by atoms with Gasteiger partial charge in [-0.25, -0.2) is 4.79 Å². The first-order chi connectivity index (χ1) is 17.1. The van der Waals surface area contributed by atoms with Crippen LogP contribution in [0.2, 0.25) is 0 Å². The number of nitrogens with zero attached hydrogens (tertiary/aromatic N) is 2. The smallest absolute Gasteiger partial charge is 0.317 e. The average molecular weight is 503 g/mol. The molecular formula is C27H42N4O5. The van der Waals surface area contributed by atoms with Gasteiger partial charge < -0.3 is 30.3 Å². The Bertz CT molecular complexity index is 931. The molecule has 1 aliphatic heterocycles. The quantitative estimate of drug-likeness (QED) is 0.529. The monoisotopic (exact) mass is 502 g/mol. The number of hydrogen-bond donors (Lipinski definition) is 3. The highest BCUT2D eigenvalue weighted by atomic mass is 16.5. The second kappa shape index (κ2) is 12.4. The van der Waals surface area contributed by atoms with E-state index in [1.807, 2.05) is 20.8 Å². The fourth-order valence-electron chi connectivity index (χ4n) is 4.87. The number of anilines is 1. The molecule has 3 atom stereocenters. The van der Waals surface area contributed by atoms with Crippen LogP contribution < -0.4 is 15.4 Å². The molecule has 4 amide bonds. The van der Waals surface area contributed by atoms with Crippen molar-refractivity contribution >= 4 is 23.5 Å². The highest BCUT2D eigenvalue weighted by Crippen LogP contribution is 2.36. The van der Waals surface area contributed by atoms with Crippen molar-refractivity contribution in [1.29, 1.82) is 0 Å². The first-order valence-corrected chi connectivity index (χ1v) is 13.2. The van der Waals surface area contributed by atoms with Crippen LogP contribution in [0.15, 0.2) is 18.2 Å². The summed E-state index contributed by atoms with van der Waals surface area (Å²) in [6.45, 7) is 8.06. The molecule has 200 valence electrons. The third kappa shape index (κ3) is 6.69. The van der Waals surface area contributed by atoms with Crippen LogP contribution in [0, 0.1) is 11.8 Å². The Morgan fingerprint density at radius 3 is 2.53 bits per heavy atom. The largest absolute Gasteiger partial charge is 0.485 e. The number of fused-ring (bicyclic) bond motifs is 1. The fourth-order valence-corrected chi connectivity index (χ4v) is 4.87. The average Bonchev–Trinajstić information content (AvgIpc) is 2.86. The van der Waals surface area contributed by atoms with Gasteiger partial charge in [-0.3, -0.25) is 9.59 Å². The zero-order valence-corrected chi connectivity index (χ0v) is 22.3. The minimum Gasteiger partial charge on any atom is -0.485 e. The highest BCUT2D eigenvalue weighted by Gasteiger charge is 2.35. The Hall–Kier alpha value is -2.81. The van der Waals surface area contributed by atoms with Crippen LogP contribution in [0.1, 0.15) is 70.2 Å². The lowest BCUT2D eigenvalue weighted by Gasteiger charge is -2.38. The Morgan fingerprint density at radius 1 is 1.19 bits per heavy atom. The molecule has 0 unspecified atom stereocenters. The Morgan fingerprint density at radius 2 is 1.89 bits per heavy atom. The normalized spacial score (nSPS) is 21.6. The summed E-state index contributed by atoms with van der Waals surface area (Å²) in [5, 5.41) is 15.8. The Labute approximate surface area is 214 Å². The zero-order chi connectivity index (χ0) is 26.4. The van der Waals surface area contributed by atoms with Crippen LogP contribution in [0.3, 0.4) is 0 Å². The van der Waals surface area contributed by atoms with Crippen LogP contribution in [0.5, 0.6) is 5.75 Å². The topological polar surface area (TPSA) is 111 Å². The van der Waals surface area contributed by atoms with Crippen molar-refractivity contribution in [3.05, 3.63) is 23.8 Å². The van der Waals surface area contributed by atoms with E-state index in [2.05, 4.69) is 10.6 Å². The molecule has 0 spiro atoms. The van der Waals surface area contributed by atoms with Crippen LogP contribution >= 0.6 is 0 Å². The van der Waals surface area contributed by atoms with E-state index in [1.54, 1.807) is 42.0 Å². The fraction of sp³-hybridized carbons (Fsp3) is 0.667. The number of carbonyl (C=O) groups excluding carboxylic acids is 3. The van der Waals surface area contributed by atoms with E-state index in [4.69, 9.17) is 4.74 Å². The van der Waals surface area contributed by atoms with Crippen molar-refractivity contribution in [2.24, 2.45) is 11.8 Å². The predicted octanol–water partition coefficient (Wildman–Crippen LogP) is 3.48. The van der Waals surface area contributed by atoms with Crippen molar-refractivity contribution in [2.45, 2.75) is 78.0 Å². The van der Waals surface area contributed by atoms with Gasteiger partial charge in [0.2, 0.25) is 5.91 Å². The van der Waals surface area contributed by atoms with Crippen LogP contribution in [0.4, 0.5) is 10.5 Å². The maximum atomic E-state index is 13.6. The van der Waals surface area contributed by atoms with Crippen molar-refractivity contribution in [1.82, 2.24) is 15.1 Å². The second-order valence-corrected chi connectivity index (χ2v) is 10.6. The SMILES string of the molecule is CC(C)NC(=O)N(C)C[C@@H]1Oc2c(NC(=O)C3CCCCC3)cccc2C(=O)N([C@H](C)CO)C[C@@H]1C. The van der Waals surface area contributed by atoms with E-state index in [1.165, 1.54) is 0 Å². The minimum absolute atomic E-state index is 0.00327. The van der Waals surface area contributed by atoms with Gasteiger partial charge in [0.25, 0.3) is 5.91 Å². The van der Waals surface area contributed by atoms with Crippen LogP contribution in [-0.4, -0.2) is 77.7 Å². The number of amides is 4. The number of likely N-dealkylation sites (N-methyl/N-ethyl adjacent to an activating group) is 1. The van der Waals surface area contributed by atoms with E-state index in [-0.39, 0.29) is 42.3 Å². The number of para-hydroxylation sites is 1. The highest BCUT2D eigenvalue weighted by molar-refractivity contribution is 6.02. The summed E-state index contributed by atoms with van der Waals surface area (Å²) in [6, 6.07) is 4.57. The molecule has 3 rings (SSSR count). The molecule has 1 aromatic rings. The first kappa shape index (κ1) is 27.8. The van der Waals surface area contributed by atoms with Crippen LogP contribution in [-0.2, 0) is 4.79 Å². The maximum absolute atomic E-state index is 13.6. The maximum Gasteiger partial charge on any atom is 0.317 e. The minimum atomic E-state index is -0.444. The Balaban J connectivity index is 1.95. The summed E-state index contributed by atoms with van der Waals surface area (Å²) in [5.41, 5.74) is 0.796. The van der Waals surface area contributed by atoms with Gasteiger partial charge in [-0.2, -0.15) is 0 Å². The zero-order valence-electron chi connectivity index (χ0n) is 22.3. The summed E-state index contributed by atoms with van der Waals surface area (Å²) in [4.78, 5) is 42.5. The van der Waals surface area contributed by atoms with E-state index < -0.39 is 12.1 Å². The molecule has 1 aliphatic carbocycles.